The van der Waals surface area contributed by atoms with Crippen LogP contribution < -0.4 is 15.2 Å². The third kappa shape index (κ3) is 4.21. The molecule has 0 radical (unpaired) electrons. The van der Waals surface area contributed by atoms with E-state index in [1.165, 1.54) is 0 Å². The second-order valence-corrected chi connectivity index (χ2v) is 4.46. The number of hydrogen-bond donors (Lipinski definition) is 1. The van der Waals surface area contributed by atoms with Gasteiger partial charge in [-0.05, 0) is 12.1 Å². The van der Waals surface area contributed by atoms with Crippen LogP contribution in [0.5, 0.6) is 11.5 Å². The molecular formula is C17H21NO3. The standard InChI is InChI=1S/C17H21NO3/c1-2-10-19-12-13-21-17-8-4-5-14-15(17)6-3-7-16(14)20-11-9-18/h2-8H,1,9-13,18H2. The Labute approximate surface area is 125 Å². The summed E-state index contributed by atoms with van der Waals surface area (Å²) in [5.41, 5.74) is 5.49. The lowest BCUT2D eigenvalue weighted by molar-refractivity contribution is 0.122. The van der Waals surface area contributed by atoms with Crippen molar-refractivity contribution < 1.29 is 14.2 Å². The Morgan fingerprint density at radius 2 is 1.52 bits per heavy atom. The zero-order valence-electron chi connectivity index (χ0n) is 12.1. The summed E-state index contributed by atoms with van der Waals surface area (Å²) < 4.78 is 16.8. The predicted molar refractivity (Wildman–Crippen MR) is 85.0 cm³/mol. The molecule has 0 amide bonds. The molecule has 0 heterocycles. The van der Waals surface area contributed by atoms with Crippen LogP contribution in [0.1, 0.15) is 0 Å². The average molecular weight is 287 g/mol. The number of rotatable bonds is 9. The summed E-state index contributed by atoms with van der Waals surface area (Å²) in [7, 11) is 0. The van der Waals surface area contributed by atoms with E-state index in [0.29, 0.717) is 33.0 Å². The highest BCUT2D eigenvalue weighted by molar-refractivity contribution is 5.93. The van der Waals surface area contributed by atoms with Gasteiger partial charge in [-0.25, -0.2) is 0 Å². The molecule has 4 nitrogen and oxygen atoms in total. The predicted octanol–water partition coefficient (Wildman–Crippen LogP) is 2.76. The van der Waals surface area contributed by atoms with E-state index < -0.39 is 0 Å². The zero-order chi connectivity index (χ0) is 14.9. The van der Waals surface area contributed by atoms with Crippen LogP contribution in [0.2, 0.25) is 0 Å². The maximum absolute atomic E-state index is 5.79. The highest BCUT2D eigenvalue weighted by atomic mass is 16.5. The van der Waals surface area contributed by atoms with Crippen molar-refractivity contribution in [3.63, 3.8) is 0 Å². The zero-order valence-corrected chi connectivity index (χ0v) is 12.1. The lowest BCUT2D eigenvalue weighted by atomic mass is 10.1. The second kappa shape index (κ2) is 8.29. The van der Waals surface area contributed by atoms with Crippen molar-refractivity contribution in [2.75, 3.05) is 33.0 Å². The molecule has 4 heteroatoms. The molecule has 0 atom stereocenters. The van der Waals surface area contributed by atoms with Gasteiger partial charge in [0.25, 0.3) is 0 Å². The molecule has 0 fully saturated rings. The van der Waals surface area contributed by atoms with Gasteiger partial charge in [0.2, 0.25) is 0 Å². The molecule has 0 bridgehead atoms. The molecule has 0 aliphatic carbocycles. The molecule has 2 aromatic carbocycles. The largest absolute Gasteiger partial charge is 0.492 e. The van der Waals surface area contributed by atoms with Crippen molar-refractivity contribution >= 4 is 10.8 Å². The van der Waals surface area contributed by atoms with E-state index in [2.05, 4.69) is 6.58 Å². The Morgan fingerprint density at radius 3 is 2.10 bits per heavy atom. The Morgan fingerprint density at radius 1 is 0.905 bits per heavy atom. The van der Waals surface area contributed by atoms with Crippen LogP contribution in [0.25, 0.3) is 10.8 Å². The molecule has 0 aliphatic rings. The molecule has 0 aliphatic heterocycles. The quantitative estimate of drug-likeness (QED) is 0.569. The second-order valence-electron chi connectivity index (χ2n) is 4.46. The lowest BCUT2D eigenvalue weighted by Crippen LogP contribution is -2.10. The van der Waals surface area contributed by atoms with Gasteiger partial charge in [0.05, 0.1) is 13.2 Å². The minimum absolute atomic E-state index is 0.493. The van der Waals surface area contributed by atoms with E-state index in [4.69, 9.17) is 19.9 Å². The fourth-order valence-electron chi connectivity index (χ4n) is 2.05. The normalized spacial score (nSPS) is 10.5. The number of fused-ring (bicyclic) bond motifs is 1. The third-order valence-corrected chi connectivity index (χ3v) is 2.94. The highest BCUT2D eigenvalue weighted by Crippen LogP contribution is 2.32. The first kappa shape index (κ1) is 15.4. The Balaban J connectivity index is 2.11. The Hall–Kier alpha value is -2.04. The van der Waals surface area contributed by atoms with Crippen molar-refractivity contribution in [1.82, 2.24) is 0 Å². The maximum atomic E-state index is 5.79. The van der Waals surface area contributed by atoms with Crippen LogP contribution >= 0.6 is 0 Å². The van der Waals surface area contributed by atoms with E-state index in [1.54, 1.807) is 6.08 Å². The molecule has 2 rings (SSSR count). The highest BCUT2D eigenvalue weighted by Gasteiger charge is 2.06. The number of hydrogen-bond acceptors (Lipinski definition) is 4. The van der Waals surface area contributed by atoms with Gasteiger partial charge in [0.15, 0.2) is 0 Å². The van der Waals surface area contributed by atoms with Gasteiger partial charge in [-0.15, -0.1) is 6.58 Å². The molecule has 2 N–H and O–H groups in total. The first-order valence-electron chi connectivity index (χ1n) is 7.03. The minimum atomic E-state index is 0.493. The summed E-state index contributed by atoms with van der Waals surface area (Å²) in [4.78, 5) is 0. The van der Waals surface area contributed by atoms with Gasteiger partial charge in [0, 0.05) is 17.3 Å². The number of nitrogens with two attached hydrogens (primary N) is 1. The summed E-state index contributed by atoms with van der Waals surface area (Å²) in [5.74, 6) is 1.65. The van der Waals surface area contributed by atoms with E-state index in [-0.39, 0.29) is 0 Å². The molecule has 0 unspecified atom stereocenters. The SMILES string of the molecule is C=CCOCCOc1cccc2c(OCCN)cccc12. The lowest BCUT2D eigenvalue weighted by Gasteiger charge is -2.12. The van der Waals surface area contributed by atoms with Crippen LogP contribution in [0.15, 0.2) is 49.1 Å². The molecule has 2 aromatic rings. The van der Waals surface area contributed by atoms with E-state index >= 15 is 0 Å². The van der Waals surface area contributed by atoms with Crippen LogP contribution in [-0.2, 0) is 4.74 Å². The van der Waals surface area contributed by atoms with Crippen LogP contribution in [0.3, 0.4) is 0 Å². The third-order valence-electron chi connectivity index (χ3n) is 2.94. The Kier molecular flexibility index (Phi) is 6.06. The van der Waals surface area contributed by atoms with Crippen molar-refractivity contribution in [2.24, 2.45) is 5.73 Å². The van der Waals surface area contributed by atoms with Gasteiger partial charge < -0.3 is 19.9 Å². The molecule has 112 valence electrons. The fourth-order valence-corrected chi connectivity index (χ4v) is 2.05. The van der Waals surface area contributed by atoms with Crippen LogP contribution in [0.4, 0.5) is 0 Å². The average Bonchev–Trinajstić information content (AvgIpc) is 2.53. The monoisotopic (exact) mass is 287 g/mol. The maximum Gasteiger partial charge on any atom is 0.127 e. The van der Waals surface area contributed by atoms with Crippen LogP contribution in [-0.4, -0.2) is 33.0 Å². The molecule has 0 saturated carbocycles. The molecule has 0 spiro atoms. The number of ether oxygens (including phenoxy) is 3. The summed E-state index contributed by atoms with van der Waals surface area (Å²) in [5, 5.41) is 2.05. The summed E-state index contributed by atoms with van der Waals surface area (Å²) in [6.45, 7) is 6.17. The molecular weight excluding hydrogens is 266 g/mol. The van der Waals surface area contributed by atoms with Gasteiger partial charge in [-0.2, -0.15) is 0 Å². The van der Waals surface area contributed by atoms with E-state index in [0.717, 1.165) is 22.3 Å². The summed E-state index contributed by atoms with van der Waals surface area (Å²) >= 11 is 0. The van der Waals surface area contributed by atoms with Crippen molar-refractivity contribution in [3.05, 3.63) is 49.1 Å². The molecule has 21 heavy (non-hydrogen) atoms. The summed E-state index contributed by atoms with van der Waals surface area (Å²) in [6.07, 6.45) is 1.72. The van der Waals surface area contributed by atoms with Crippen molar-refractivity contribution in [1.29, 1.82) is 0 Å². The molecule has 0 saturated heterocycles. The summed E-state index contributed by atoms with van der Waals surface area (Å²) in [6, 6.07) is 11.8. The fraction of sp³-hybridized carbons (Fsp3) is 0.294. The molecule has 0 aromatic heterocycles. The topological polar surface area (TPSA) is 53.7 Å². The van der Waals surface area contributed by atoms with Gasteiger partial charge >= 0.3 is 0 Å². The number of benzene rings is 2. The van der Waals surface area contributed by atoms with Gasteiger partial charge in [0.1, 0.15) is 24.7 Å². The smallest absolute Gasteiger partial charge is 0.127 e. The van der Waals surface area contributed by atoms with E-state index in [9.17, 15) is 0 Å². The van der Waals surface area contributed by atoms with Gasteiger partial charge in [-0.1, -0.05) is 30.3 Å². The van der Waals surface area contributed by atoms with Crippen molar-refractivity contribution in [2.45, 2.75) is 0 Å². The Bertz CT molecular complexity index is 583. The first-order valence-corrected chi connectivity index (χ1v) is 7.03. The van der Waals surface area contributed by atoms with Crippen molar-refractivity contribution in [3.8, 4) is 11.5 Å². The first-order chi connectivity index (χ1) is 10.4. The van der Waals surface area contributed by atoms with Crippen LogP contribution in [0, 0.1) is 0 Å². The minimum Gasteiger partial charge on any atom is -0.492 e. The van der Waals surface area contributed by atoms with Gasteiger partial charge in [-0.3, -0.25) is 0 Å². The van der Waals surface area contributed by atoms with E-state index in [1.807, 2.05) is 36.4 Å².